The lowest BCUT2D eigenvalue weighted by Crippen LogP contribution is -2.47. The number of benzene rings is 1. The van der Waals surface area contributed by atoms with Gasteiger partial charge < -0.3 is 9.64 Å². The third kappa shape index (κ3) is 5.73. The molecule has 0 atom stereocenters. The van der Waals surface area contributed by atoms with Crippen LogP contribution in [0.4, 0.5) is 4.79 Å². The molecule has 1 N–H and O–H groups in total. The van der Waals surface area contributed by atoms with Crippen LogP contribution < -0.4 is 4.72 Å². The van der Waals surface area contributed by atoms with E-state index in [9.17, 15) is 13.2 Å². The van der Waals surface area contributed by atoms with Gasteiger partial charge in [0.15, 0.2) is 0 Å². The van der Waals surface area contributed by atoms with Crippen LogP contribution in [-0.4, -0.2) is 44.1 Å². The van der Waals surface area contributed by atoms with E-state index in [1.807, 2.05) is 0 Å². The summed E-state index contributed by atoms with van der Waals surface area (Å²) in [5, 5.41) is 0.0890. The molecule has 1 fully saturated rings. The minimum Gasteiger partial charge on any atom is -0.444 e. The lowest BCUT2D eigenvalue weighted by atomic mass is 10.1. The van der Waals surface area contributed by atoms with E-state index in [1.54, 1.807) is 25.7 Å². The van der Waals surface area contributed by atoms with E-state index in [2.05, 4.69) is 20.7 Å². The van der Waals surface area contributed by atoms with Crippen LogP contribution in [0, 0.1) is 0 Å². The largest absolute Gasteiger partial charge is 0.444 e. The average molecular weight is 488 g/mol. The second kappa shape index (κ2) is 8.22. The Morgan fingerprint density at radius 1 is 1.23 bits per heavy atom. The summed E-state index contributed by atoms with van der Waals surface area (Å²) in [4.78, 5) is 13.5. The lowest BCUT2D eigenvalue weighted by molar-refractivity contribution is 0.0204. The summed E-state index contributed by atoms with van der Waals surface area (Å²) in [6, 6.07) is 2.65. The Labute approximate surface area is 172 Å². The molecule has 146 valence electrons. The van der Waals surface area contributed by atoms with Crippen molar-refractivity contribution in [3.63, 3.8) is 0 Å². The number of halogens is 3. The molecule has 0 aromatic heterocycles. The molecule has 0 unspecified atom stereocenters. The highest BCUT2D eigenvalue weighted by atomic mass is 79.9. The van der Waals surface area contributed by atoms with Crippen molar-refractivity contribution >= 4 is 55.2 Å². The van der Waals surface area contributed by atoms with E-state index in [-0.39, 0.29) is 21.0 Å². The van der Waals surface area contributed by atoms with Crippen molar-refractivity contribution in [2.24, 2.45) is 0 Å². The van der Waals surface area contributed by atoms with Crippen molar-refractivity contribution < 1.29 is 17.9 Å². The van der Waals surface area contributed by atoms with Crippen molar-refractivity contribution in [3.05, 3.63) is 26.7 Å². The summed E-state index contributed by atoms with van der Waals surface area (Å²) >= 11 is 15.3. The third-order valence-corrected chi connectivity index (χ3v) is 6.60. The summed E-state index contributed by atoms with van der Waals surface area (Å²) < 4.78 is 33.9. The topological polar surface area (TPSA) is 75.7 Å². The molecule has 1 aromatic carbocycles. The number of piperidine rings is 1. The van der Waals surface area contributed by atoms with Crippen LogP contribution in [0.5, 0.6) is 0 Å². The number of ether oxygens (including phenoxy) is 1. The van der Waals surface area contributed by atoms with Gasteiger partial charge in [0, 0.05) is 23.6 Å². The fraction of sp³-hybridized carbons (Fsp3) is 0.562. The van der Waals surface area contributed by atoms with Crippen molar-refractivity contribution in [2.75, 3.05) is 13.1 Å². The van der Waals surface area contributed by atoms with Gasteiger partial charge in [0.2, 0.25) is 10.0 Å². The fourth-order valence-electron chi connectivity index (χ4n) is 2.57. The Morgan fingerprint density at radius 2 is 1.73 bits per heavy atom. The first-order chi connectivity index (χ1) is 11.9. The molecule has 1 heterocycles. The molecule has 10 heteroatoms. The minimum atomic E-state index is -3.87. The molecule has 1 saturated heterocycles. The van der Waals surface area contributed by atoms with Crippen molar-refractivity contribution in [1.82, 2.24) is 9.62 Å². The van der Waals surface area contributed by atoms with Crippen LogP contribution in [-0.2, 0) is 14.8 Å². The van der Waals surface area contributed by atoms with Gasteiger partial charge in [0.1, 0.15) is 10.5 Å². The fourth-order valence-corrected chi connectivity index (χ4v) is 5.81. The summed E-state index contributed by atoms with van der Waals surface area (Å²) in [6.07, 6.45) is 0.562. The van der Waals surface area contributed by atoms with Crippen LogP contribution in [0.15, 0.2) is 21.5 Å². The highest BCUT2D eigenvalue weighted by Gasteiger charge is 2.31. The Balaban J connectivity index is 2.02. The molecule has 1 amide bonds. The first-order valence-electron chi connectivity index (χ1n) is 8.04. The zero-order valence-electron chi connectivity index (χ0n) is 14.7. The van der Waals surface area contributed by atoms with Crippen LogP contribution in [0.25, 0.3) is 0 Å². The molecule has 0 bridgehead atoms. The number of rotatable bonds is 3. The molecule has 1 aliphatic heterocycles. The second-order valence-corrected chi connectivity index (χ2v) is 10.4. The van der Waals surface area contributed by atoms with Crippen LogP contribution in [0.3, 0.4) is 0 Å². The zero-order valence-corrected chi connectivity index (χ0v) is 18.6. The van der Waals surface area contributed by atoms with Gasteiger partial charge in [-0.2, -0.15) is 0 Å². The van der Waals surface area contributed by atoms with E-state index in [0.29, 0.717) is 30.4 Å². The number of hydrogen-bond acceptors (Lipinski definition) is 4. The molecule has 0 saturated carbocycles. The summed E-state index contributed by atoms with van der Waals surface area (Å²) in [5.41, 5.74) is -0.565. The zero-order chi connectivity index (χ0) is 19.7. The Bertz CT molecular complexity index is 765. The van der Waals surface area contributed by atoms with Gasteiger partial charge in [-0.05, 0) is 45.7 Å². The van der Waals surface area contributed by atoms with Crippen molar-refractivity contribution in [1.29, 1.82) is 0 Å². The predicted molar refractivity (Wildman–Crippen MR) is 105 cm³/mol. The van der Waals surface area contributed by atoms with Gasteiger partial charge in [-0.3, -0.25) is 0 Å². The highest BCUT2D eigenvalue weighted by molar-refractivity contribution is 9.10. The van der Waals surface area contributed by atoms with Gasteiger partial charge in [-0.1, -0.05) is 39.1 Å². The average Bonchev–Trinajstić information content (AvgIpc) is 2.43. The summed E-state index contributed by atoms with van der Waals surface area (Å²) in [7, 11) is -3.87. The number of amides is 1. The molecular formula is C16H21BrCl2N2O4S. The van der Waals surface area contributed by atoms with Crippen molar-refractivity contribution in [3.8, 4) is 0 Å². The number of nitrogens with zero attached hydrogens (tertiary/aromatic N) is 1. The van der Waals surface area contributed by atoms with Crippen LogP contribution in [0.2, 0.25) is 10.0 Å². The van der Waals surface area contributed by atoms with Gasteiger partial charge in [-0.25, -0.2) is 17.9 Å². The third-order valence-electron chi connectivity index (χ3n) is 3.70. The second-order valence-electron chi connectivity index (χ2n) is 7.06. The predicted octanol–water partition coefficient (Wildman–Crippen LogP) is 4.43. The smallest absolute Gasteiger partial charge is 0.410 e. The maximum absolute atomic E-state index is 12.7. The van der Waals surface area contributed by atoms with E-state index in [4.69, 9.17) is 27.9 Å². The molecule has 1 aliphatic rings. The van der Waals surface area contributed by atoms with Crippen molar-refractivity contribution in [2.45, 2.75) is 50.2 Å². The number of likely N-dealkylation sites (tertiary alicyclic amines) is 1. The monoisotopic (exact) mass is 486 g/mol. The maximum Gasteiger partial charge on any atom is 0.410 e. The number of nitrogens with one attached hydrogen (secondary N) is 1. The van der Waals surface area contributed by atoms with E-state index >= 15 is 0 Å². The first-order valence-corrected chi connectivity index (χ1v) is 11.1. The van der Waals surface area contributed by atoms with Gasteiger partial charge in [-0.15, -0.1) is 0 Å². The lowest BCUT2D eigenvalue weighted by Gasteiger charge is -2.33. The molecular weight excluding hydrogens is 467 g/mol. The van der Waals surface area contributed by atoms with Crippen LogP contribution >= 0.6 is 39.1 Å². The first kappa shape index (κ1) is 21.8. The molecule has 6 nitrogen and oxygen atoms in total. The Hall–Kier alpha value is -0.540. The van der Waals surface area contributed by atoms with Gasteiger partial charge in [0.25, 0.3) is 0 Å². The maximum atomic E-state index is 12.7. The Morgan fingerprint density at radius 3 is 2.19 bits per heavy atom. The number of carbonyl (C=O) groups excluding carboxylic acids is 1. The van der Waals surface area contributed by atoms with Crippen LogP contribution in [0.1, 0.15) is 33.6 Å². The Kier molecular flexibility index (Phi) is 6.88. The SMILES string of the molecule is CC(C)(C)OC(=O)N1CCC(NS(=O)(=O)c2c(Cl)cc(Br)cc2Cl)CC1. The molecule has 0 radical (unpaired) electrons. The van der Waals surface area contributed by atoms with Gasteiger partial charge in [0.05, 0.1) is 10.0 Å². The normalized spacial score (nSPS) is 16.6. The molecule has 2 rings (SSSR count). The number of hydrogen-bond donors (Lipinski definition) is 1. The van der Waals surface area contributed by atoms with E-state index in [1.165, 1.54) is 12.1 Å². The molecule has 0 aliphatic carbocycles. The van der Waals surface area contributed by atoms with Gasteiger partial charge >= 0.3 is 6.09 Å². The number of sulfonamides is 1. The standard InChI is InChI=1S/C16H21BrCl2N2O4S/c1-16(2,3)25-15(22)21-6-4-11(5-7-21)20-26(23,24)14-12(18)8-10(17)9-13(14)19/h8-9,11,20H,4-7H2,1-3H3. The molecule has 1 aromatic rings. The molecule has 0 spiro atoms. The van der Waals surface area contributed by atoms with E-state index < -0.39 is 21.7 Å². The quantitative estimate of drug-likeness (QED) is 0.683. The van der Waals surface area contributed by atoms with E-state index in [0.717, 1.165) is 0 Å². The highest BCUT2D eigenvalue weighted by Crippen LogP contribution is 2.33. The number of carbonyl (C=O) groups is 1. The minimum absolute atomic E-state index is 0.0445. The summed E-state index contributed by atoms with van der Waals surface area (Å²) in [5.74, 6) is 0. The summed E-state index contributed by atoms with van der Waals surface area (Å²) in [6.45, 7) is 6.22. The molecule has 26 heavy (non-hydrogen) atoms.